The normalized spacial score (nSPS) is 15.1. The highest BCUT2D eigenvalue weighted by atomic mass is 16.5. The van der Waals surface area contributed by atoms with Gasteiger partial charge in [-0.1, -0.05) is 60.9 Å². The quantitative estimate of drug-likeness (QED) is 0.612. The molecular formula is C23H25NO4. The van der Waals surface area contributed by atoms with E-state index < -0.39 is 12.1 Å². The third-order valence-electron chi connectivity index (χ3n) is 5.06. The molecule has 146 valence electrons. The van der Waals surface area contributed by atoms with Crippen molar-refractivity contribution in [3.63, 3.8) is 0 Å². The largest absolute Gasteiger partial charge is 0.449 e. The Morgan fingerprint density at radius 2 is 1.57 bits per heavy atom. The third-order valence-corrected chi connectivity index (χ3v) is 5.06. The van der Waals surface area contributed by atoms with Gasteiger partial charge in [0.15, 0.2) is 11.9 Å². The van der Waals surface area contributed by atoms with Gasteiger partial charge in [-0.15, -0.1) is 0 Å². The Kier molecular flexibility index (Phi) is 6.24. The molecule has 5 heteroatoms. The van der Waals surface area contributed by atoms with E-state index in [-0.39, 0.29) is 28.9 Å². The van der Waals surface area contributed by atoms with E-state index in [2.05, 4.69) is 5.32 Å². The summed E-state index contributed by atoms with van der Waals surface area (Å²) in [7, 11) is 0. The number of nitrogens with one attached hydrogen (secondary N) is 1. The fourth-order valence-corrected chi connectivity index (χ4v) is 3.39. The Hall–Kier alpha value is -2.95. The summed E-state index contributed by atoms with van der Waals surface area (Å²) in [5.41, 5.74) is 1.97. The maximum absolute atomic E-state index is 12.8. The molecule has 1 saturated carbocycles. The molecule has 1 N–H and O–H groups in total. The van der Waals surface area contributed by atoms with E-state index in [9.17, 15) is 14.4 Å². The summed E-state index contributed by atoms with van der Waals surface area (Å²) in [5.74, 6) is -1.23. The van der Waals surface area contributed by atoms with Crippen LogP contribution in [0.2, 0.25) is 0 Å². The lowest BCUT2D eigenvalue weighted by atomic mass is 9.98. The van der Waals surface area contributed by atoms with Crippen molar-refractivity contribution >= 4 is 17.7 Å². The zero-order valence-corrected chi connectivity index (χ0v) is 16.2. The van der Waals surface area contributed by atoms with Crippen LogP contribution in [0.4, 0.5) is 0 Å². The number of hydrogen-bond acceptors (Lipinski definition) is 4. The molecule has 2 aromatic carbocycles. The van der Waals surface area contributed by atoms with Crippen LogP contribution in [-0.4, -0.2) is 29.8 Å². The molecule has 1 amide bonds. The Balaban J connectivity index is 1.72. The van der Waals surface area contributed by atoms with Gasteiger partial charge in [0.05, 0.1) is 5.56 Å². The van der Waals surface area contributed by atoms with Crippen molar-refractivity contribution in [2.24, 2.45) is 0 Å². The maximum atomic E-state index is 12.8. The first-order chi connectivity index (χ1) is 13.5. The average molecular weight is 379 g/mol. The molecule has 28 heavy (non-hydrogen) atoms. The molecule has 1 atom stereocenters. The lowest BCUT2D eigenvalue weighted by Crippen LogP contribution is -2.41. The number of ketones is 1. The second-order valence-electron chi connectivity index (χ2n) is 7.28. The van der Waals surface area contributed by atoms with Crippen LogP contribution in [0.3, 0.4) is 0 Å². The van der Waals surface area contributed by atoms with Crippen LogP contribution in [0.5, 0.6) is 0 Å². The second kappa shape index (κ2) is 8.83. The number of esters is 1. The van der Waals surface area contributed by atoms with Crippen LogP contribution in [0.15, 0.2) is 48.5 Å². The van der Waals surface area contributed by atoms with Crippen LogP contribution >= 0.6 is 0 Å². The van der Waals surface area contributed by atoms with Crippen LogP contribution in [0, 0.1) is 6.92 Å². The number of carbonyl (C=O) groups excluding carboxylic acids is 3. The van der Waals surface area contributed by atoms with Gasteiger partial charge in [-0.3, -0.25) is 9.59 Å². The van der Waals surface area contributed by atoms with Gasteiger partial charge in [0.2, 0.25) is 0 Å². The van der Waals surface area contributed by atoms with E-state index in [1.165, 1.54) is 0 Å². The fraction of sp³-hybridized carbons (Fsp3) is 0.348. The predicted molar refractivity (Wildman–Crippen MR) is 106 cm³/mol. The van der Waals surface area contributed by atoms with Crippen LogP contribution < -0.4 is 5.32 Å². The van der Waals surface area contributed by atoms with Crippen molar-refractivity contribution in [2.45, 2.75) is 51.7 Å². The molecule has 0 bridgehead atoms. The highest BCUT2D eigenvalue weighted by Crippen LogP contribution is 2.19. The number of ether oxygens (including phenoxy) is 1. The van der Waals surface area contributed by atoms with Crippen LogP contribution in [0.25, 0.3) is 0 Å². The summed E-state index contributed by atoms with van der Waals surface area (Å²) in [6, 6.07) is 13.8. The lowest BCUT2D eigenvalue weighted by molar-refractivity contribution is -0.129. The monoisotopic (exact) mass is 379 g/mol. The Morgan fingerprint density at radius 3 is 2.21 bits per heavy atom. The lowest BCUT2D eigenvalue weighted by Gasteiger charge is -2.17. The van der Waals surface area contributed by atoms with Crippen molar-refractivity contribution in [2.75, 3.05) is 0 Å². The van der Waals surface area contributed by atoms with Gasteiger partial charge in [-0.2, -0.15) is 0 Å². The minimum Gasteiger partial charge on any atom is -0.449 e. The van der Waals surface area contributed by atoms with Gasteiger partial charge in [-0.05, 0) is 32.8 Å². The van der Waals surface area contributed by atoms with Crippen molar-refractivity contribution in [1.29, 1.82) is 0 Å². The molecular weight excluding hydrogens is 354 g/mol. The molecule has 0 saturated heterocycles. The Bertz CT molecular complexity index is 866. The molecule has 0 radical (unpaired) electrons. The Labute approximate surface area is 165 Å². The molecule has 2 aromatic rings. The smallest absolute Gasteiger partial charge is 0.339 e. The highest BCUT2D eigenvalue weighted by Gasteiger charge is 2.25. The molecule has 0 spiro atoms. The first-order valence-corrected chi connectivity index (χ1v) is 9.67. The van der Waals surface area contributed by atoms with Crippen molar-refractivity contribution in [1.82, 2.24) is 5.32 Å². The molecule has 0 aromatic heterocycles. The molecule has 1 aliphatic rings. The van der Waals surface area contributed by atoms with Crippen molar-refractivity contribution < 1.29 is 19.1 Å². The van der Waals surface area contributed by atoms with Crippen molar-refractivity contribution in [3.05, 3.63) is 70.8 Å². The molecule has 0 unspecified atom stereocenters. The van der Waals surface area contributed by atoms with Crippen LogP contribution in [-0.2, 0) is 9.53 Å². The second-order valence-corrected chi connectivity index (χ2v) is 7.28. The summed E-state index contributed by atoms with van der Waals surface area (Å²) < 4.78 is 5.35. The zero-order valence-electron chi connectivity index (χ0n) is 16.2. The maximum Gasteiger partial charge on any atom is 0.339 e. The van der Waals surface area contributed by atoms with Gasteiger partial charge in [-0.25, -0.2) is 4.79 Å². The van der Waals surface area contributed by atoms with E-state index in [0.29, 0.717) is 5.56 Å². The molecule has 1 aliphatic carbocycles. The number of aryl methyl sites for hydroxylation is 1. The number of amides is 1. The molecule has 5 nitrogen and oxygen atoms in total. The predicted octanol–water partition coefficient (Wildman–Crippen LogP) is 3.83. The van der Waals surface area contributed by atoms with E-state index >= 15 is 0 Å². The van der Waals surface area contributed by atoms with E-state index in [1.54, 1.807) is 43.3 Å². The molecule has 0 aliphatic heterocycles. The van der Waals surface area contributed by atoms with E-state index in [0.717, 1.165) is 31.2 Å². The number of rotatable bonds is 6. The summed E-state index contributed by atoms with van der Waals surface area (Å²) in [6.45, 7) is 3.49. The molecule has 3 rings (SSSR count). The summed E-state index contributed by atoms with van der Waals surface area (Å²) >= 11 is 0. The number of hydrogen-bond donors (Lipinski definition) is 1. The SMILES string of the molecule is Cc1ccc(C(=O)c2ccccc2C(=O)O[C@H](C)C(=O)NC2CCCC2)cc1. The van der Waals surface area contributed by atoms with Gasteiger partial charge >= 0.3 is 5.97 Å². The van der Waals surface area contributed by atoms with E-state index in [4.69, 9.17) is 4.74 Å². The average Bonchev–Trinajstić information content (AvgIpc) is 3.21. The fourth-order valence-electron chi connectivity index (χ4n) is 3.39. The first-order valence-electron chi connectivity index (χ1n) is 9.67. The third kappa shape index (κ3) is 4.66. The topological polar surface area (TPSA) is 72.5 Å². The first kappa shape index (κ1) is 19.8. The van der Waals surface area contributed by atoms with Gasteiger partial charge in [0.1, 0.15) is 0 Å². The minimum absolute atomic E-state index is 0.157. The Morgan fingerprint density at radius 1 is 0.964 bits per heavy atom. The summed E-state index contributed by atoms with van der Waals surface area (Å²) in [6.07, 6.45) is 3.21. The number of benzene rings is 2. The summed E-state index contributed by atoms with van der Waals surface area (Å²) in [4.78, 5) is 37.8. The zero-order chi connectivity index (χ0) is 20.1. The summed E-state index contributed by atoms with van der Waals surface area (Å²) in [5, 5.41) is 2.92. The highest BCUT2D eigenvalue weighted by molar-refractivity contribution is 6.14. The van der Waals surface area contributed by atoms with E-state index in [1.807, 2.05) is 19.1 Å². The van der Waals surface area contributed by atoms with Crippen LogP contribution in [0.1, 0.15) is 64.4 Å². The van der Waals surface area contributed by atoms with Gasteiger partial charge < -0.3 is 10.1 Å². The standard InChI is InChI=1S/C23H25NO4/c1-15-11-13-17(14-12-15)21(25)19-9-5-6-10-20(19)23(27)28-16(2)22(26)24-18-7-3-4-8-18/h5-6,9-14,16,18H,3-4,7-8H2,1-2H3,(H,24,26)/t16-/m1/s1. The molecule has 0 heterocycles. The van der Waals surface area contributed by atoms with Gasteiger partial charge in [0, 0.05) is 17.2 Å². The van der Waals surface area contributed by atoms with Crippen molar-refractivity contribution in [3.8, 4) is 0 Å². The number of carbonyl (C=O) groups is 3. The van der Waals surface area contributed by atoms with Gasteiger partial charge in [0.25, 0.3) is 5.91 Å². The minimum atomic E-state index is -0.921. The molecule has 1 fully saturated rings.